The highest BCUT2D eigenvalue weighted by Gasteiger charge is 2.10. The Morgan fingerprint density at radius 1 is 1.10 bits per heavy atom. The molecule has 0 fully saturated rings. The van der Waals surface area contributed by atoms with Crippen LogP contribution in [0, 0.1) is 13.8 Å². The predicted octanol–water partition coefficient (Wildman–Crippen LogP) is 2.49. The van der Waals surface area contributed by atoms with Gasteiger partial charge in [0.2, 0.25) is 0 Å². The number of benzene rings is 1. The maximum atomic E-state index is 11.7. The van der Waals surface area contributed by atoms with E-state index < -0.39 is 0 Å². The number of hydrogen-bond acceptors (Lipinski definition) is 3. The average Bonchev–Trinajstić information content (AvgIpc) is 2.43. The number of aromatic nitrogens is 1. The third kappa shape index (κ3) is 2.37. The summed E-state index contributed by atoms with van der Waals surface area (Å²) >= 11 is 0. The van der Waals surface area contributed by atoms with Gasteiger partial charge in [0.1, 0.15) is 5.75 Å². The molecule has 1 aromatic heterocycles. The monoisotopic (exact) mass is 271 g/mol. The number of carbonyl (C=O) groups excluding carboxylic acids is 1. The van der Waals surface area contributed by atoms with E-state index in [9.17, 15) is 9.59 Å². The molecule has 4 nitrogen and oxygen atoms in total. The summed E-state index contributed by atoms with van der Waals surface area (Å²) < 4.78 is 6.82. The maximum Gasteiger partial charge on any atom is 0.253 e. The Balaban J connectivity index is 2.67. The first kappa shape index (κ1) is 14.1. The number of nitrogens with zero attached hydrogens (tertiary/aromatic N) is 1. The minimum absolute atomic E-state index is 0.0121. The number of pyridine rings is 1. The standard InChI is InChI=1S/C16H17NO3/c1-10-5-12(7-15(20-4)14(10)9-18)13-6-11(2)16(19)17(3)8-13/h5-9H,1-4H3. The van der Waals surface area contributed by atoms with Crippen LogP contribution in [0.25, 0.3) is 11.1 Å². The lowest BCUT2D eigenvalue weighted by molar-refractivity contribution is 0.112. The van der Waals surface area contributed by atoms with Crippen LogP contribution >= 0.6 is 0 Å². The first-order chi connectivity index (χ1) is 9.47. The summed E-state index contributed by atoms with van der Waals surface area (Å²) in [6.45, 7) is 3.65. The normalized spacial score (nSPS) is 10.4. The molecule has 0 aliphatic rings. The number of methoxy groups -OCH3 is 1. The number of aldehydes is 1. The molecule has 2 aromatic rings. The van der Waals surface area contributed by atoms with Crippen LogP contribution in [0.4, 0.5) is 0 Å². The van der Waals surface area contributed by atoms with Gasteiger partial charge < -0.3 is 9.30 Å². The molecule has 0 amide bonds. The summed E-state index contributed by atoms with van der Waals surface area (Å²) in [6.07, 6.45) is 2.58. The van der Waals surface area contributed by atoms with E-state index in [-0.39, 0.29) is 5.56 Å². The molecule has 0 bridgehead atoms. The lowest BCUT2D eigenvalue weighted by atomic mass is 9.99. The van der Waals surface area contributed by atoms with E-state index in [1.165, 1.54) is 7.11 Å². The van der Waals surface area contributed by atoms with Crippen LogP contribution in [-0.2, 0) is 7.05 Å². The fraction of sp³-hybridized carbons (Fsp3) is 0.250. The van der Waals surface area contributed by atoms with Crippen LogP contribution < -0.4 is 10.3 Å². The second-order valence-corrected chi connectivity index (χ2v) is 4.85. The molecule has 0 unspecified atom stereocenters. The zero-order valence-corrected chi connectivity index (χ0v) is 12.1. The molecule has 0 radical (unpaired) electrons. The molecule has 0 aliphatic heterocycles. The third-order valence-corrected chi connectivity index (χ3v) is 3.38. The quantitative estimate of drug-likeness (QED) is 0.806. The fourth-order valence-electron chi connectivity index (χ4n) is 2.29. The molecule has 1 aromatic carbocycles. The maximum absolute atomic E-state index is 11.7. The Hall–Kier alpha value is -2.36. The highest BCUT2D eigenvalue weighted by molar-refractivity contribution is 5.84. The molecule has 0 saturated heterocycles. The van der Waals surface area contributed by atoms with Crippen LogP contribution in [0.2, 0.25) is 0 Å². The highest BCUT2D eigenvalue weighted by Crippen LogP contribution is 2.29. The van der Waals surface area contributed by atoms with Crippen molar-refractivity contribution in [1.29, 1.82) is 0 Å². The number of rotatable bonds is 3. The fourth-order valence-corrected chi connectivity index (χ4v) is 2.29. The summed E-state index contributed by atoms with van der Waals surface area (Å²) in [5.41, 5.74) is 3.91. The van der Waals surface area contributed by atoms with Crippen molar-refractivity contribution in [3.63, 3.8) is 0 Å². The van der Waals surface area contributed by atoms with Gasteiger partial charge in [0.15, 0.2) is 6.29 Å². The molecule has 0 atom stereocenters. The summed E-state index contributed by atoms with van der Waals surface area (Å²) in [5.74, 6) is 0.543. The van der Waals surface area contributed by atoms with Crippen molar-refractivity contribution in [3.05, 3.63) is 51.4 Å². The molecule has 0 spiro atoms. The van der Waals surface area contributed by atoms with Crippen molar-refractivity contribution in [2.75, 3.05) is 7.11 Å². The average molecular weight is 271 g/mol. The van der Waals surface area contributed by atoms with Gasteiger partial charge in [-0.25, -0.2) is 0 Å². The van der Waals surface area contributed by atoms with Crippen molar-refractivity contribution in [2.45, 2.75) is 13.8 Å². The Morgan fingerprint density at radius 3 is 2.30 bits per heavy atom. The molecule has 0 N–H and O–H groups in total. The van der Waals surface area contributed by atoms with Gasteiger partial charge in [-0.15, -0.1) is 0 Å². The molecule has 2 rings (SSSR count). The van der Waals surface area contributed by atoms with Crippen LogP contribution in [0.3, 0.4) is 0 Å². The van der Waals surface area contributed by atoms with E-state index in [1.807, 2.05) is 25.1 Å². The van der Waals surface area contributed by atoms with Crippen LogP contribution in [-0.4, -0.2) is 18.0 Å². The van der Waals surface area contributed by atoms with Gasteiger partial charge in [0.05, 0.1) is 12.7 Å². The highest BCUT2D eigenvalue weighted by atomic mass is 16.5. The van der Waals surface area contributed by atoms with E-state index in [0.29, 0.717) is 16.9 Å². The van der Waals surface area contributed by atoms with Gasteiger partial charge in [-0.05, 0) is 42.7 Å². The third-order valence-electron chi connectivity index (χ3n) is 3.38. The molecule has 4 heteroatoms. The summed E-state index contributed by atoms with van der Waals surface area (Å²) in [6, 6.07) is 5.58. The van der Waals surface area contributed by atoms with Crippen molar-refractivity contribution in [3.8, 4) is 16.9 Å². The van der Waals surface area contributed by atoms with Crippen molar-refractivity contribution in [2.24, 2.45) is 7.05 Å². The molecular formula is C16H17NO3. The molecule has 104 valence electrons. The van der Waals surface area contributed by atoms with E-state index in [1.54, 1.807) is 24.7 Å². The smallest absolute Gasteiger partial charge is 0.253 e. The first-order valence-electron chi connectivity index (χ1n) is 6.29. The van der Waals surface area contributed by atoms with Crippen LogP contribution in [0.1, 0.15) is 21.5 Å². The van der Waals surface area contributed by atoms with Crippen molar-refractivity contribution < 1.29 is 9.53 Å². The number of aryl methyl sites for hydroxylation is 3. The van der Waals surface area contributed by atoms with E-state index in [4.69, 9.17) is 4.74 Å². The summed E-state index contributed by atoms with van der Waals surface area (Å²) in [5, 5.41) is 0. The van der Waals surface area contributed by atoms with Gasteiger partial charge in [0.25, 0.3) is 5.56 Å². The number of hydrogen-bond donors (Lipinski definition) is 0. The molecular weight excluding hydrogens is 254 g/mol. The topological polar surface area (TPSA) is 48.3 Å². The Bertz CT molecular complexity index is 703. The molecule has 20 heavy (non-hydrogen) atoms. The molecule has 0 saturated carbocycles. The summed E-state index contributed by atoms with van der Waals surface area (Å²) in [7, 11) is 3.26. The SMILES string of the molecule is COc1cc(-c2cc(C)c(=O)n(C)c2)cc(C)c1C=O. The van der Waals surface area contributed by atoms with Crippen molar-refractivity contribution in [1.82, 2.24) is 4.57 Å². The Kier molecular flexibility index (Phi) is 3.74. The Morgan fingerprint density at radius 2 is 1.75 bits per heavy atom. The van der Waals surface area contributed by atoms with E-state index >= 15 is 0 Å². The van der Waals surface area contributed by atoms with Gasteiger partial charge in [-0.2, -0.15) is 0 Å². The minimum atomic E-state index is -0.0121. The summed E-state index contributed by atoms with van der Waals surface area (Å²) in [4.78, 5) is 22.8. The zero-order valence-electron chi connectivity index (χ0n) is 12.1. The zero-order chi connectivity index (χ0) is 14.9. The molecule has 0 aliphatic carbocycles. The second kappa shape index (κ2) is 5.33. The number of carbonyl (C=O) groups is 1. The van der Waals surface area contributed by atoms with E-state index in [0.717, 1.165) is 23.0 Å². The van der Waals surface area contributed by atoms with Gasteiger partial charge >= 0.3 is 0 Å². The first-order valence-corrected chi connectivity index (χ1v) is 6.29. The van der Waals surface area contributed by atoms with Crippen molar-refractivity contribution >= 4 is 6.29 Å². The van der Waals surface area contributed by atoms with Crippen LogP contribution in [0.5, 0.6) is 5.75 Å². The predicted molar refractivity (Wildman–Crippen MR) is 78.5 cm³/mol. The van der Waals surface area contributed by atoms with Gasteiger partial charge in [-0.3, -0.25) is 9.59 Å². The Labute approximate surface area is 117 Å². The van der Waals surface area contributed by atoms with Gasteiger partial charge in [-0.1, -0.05) is 6.07 Å². The van der Waals surface area contributed by atoms with Crippen LogP contribution in [0.15, 0.2) is 29.2 Å². The second-order valence-electron chi connectivity index (χ2n) is 4.85. The lowest BCUT2D eigenvalue weighted by Crippen LogP contribution is -2.18. The van der Waals surface area contributed by atoms with Gasteiger partial charge in [0, 0.05) is 18.8 Å². The molecule has 1 heterocycles. The number of ether oxygens (including phenoxy) is 1. The lowest BCUT2D eigenvalue weighted by Gasteiger charge is -2.12. The minimum Gasteiger partial charge on any atom is -0.496 e. The largest absolute Gasteiger partial charge is 0.496 e. The van der Waals surface area contributed by atoms with E-state index in [2.05, 4.69) is 0 Å².